The van der Waals surface area contributed by atoms with Crippen LogP contribution in [0, 0.1) is 6.92 Å². The Kier molecular flexibility index (Phi) is 7.60. The lowest BCUT2D eigenvalue weighted by Gasteiger charge is -2.36. The number of carbonyl (C=O) groups is 1. The zero-order chi connectivity index (χ0) is 24.3. The zero-order valence-corrected chi connectivity index (χ0v) is 21.3. The van der Waals surface area contributed by atoms with Gasteiger partial charge in [-0.3, -0.25) is 4.79 Å². The summed E-state index contributed by atoms with van der Waals surface area (Å²) < 4.78 is 27.6. The largest absolute Gasteiger partial charge is 0.369 e. The first-order chi connectivity index (χ1) is 16.3. The number of rotatable bonds is 6. The van der Waals surface area contributed by atoms with E-state index < -0.39 is 10.0 Å². The smallest absolute Gasteiger partial charge is 0.255 e. The molecule has 1 unspecified atom stereocenters. The Morgan fingerprint density at radius 2 is 1.71 bits per heavy atom. The lowest BCUT2D eigenvalue weighted by atomic mass is 10.1. The van der Waals surface area contributed by atoms with E-state index >= 15 is 0 Å². The molecule has 0 aliphatic carbocycles. The number of carbonyl (C=O) groups excluding carboxylic acids is 1. The van der Waals surface area contributed by atoms with E-state index in [1.807, 2.05) is 19.1 Å². The van der Waals surface area contributed by atoms with Crippen LogP contribution in [0.15, 0.2) is 47.4 Å². The minimum absolute atomic E-state index is 0.00320. The second-order valence-electron chi connectivity index (χ2n) is 9.36. The van der Waals surface area contributed by atoms with Crippen LogP contribution in [0.1, 0.15) is 49.0 Å². The van der Waals surface area contributed by atoms with Crippen LogP contribution in [-0.4, -0.2) is 68.8 Å². The number of amides is 1. The van der Waals surface area contributed by atoms with E-state index in [0.717, 1.165) is 63.2 Å². The second-order valence-corrected chi connectivity index (χ2v) is 11.3. The molecular formula is C26H36N4O3S. The molecule has 34 heavy (non-hydrogen) atoms. The van der Waals surface area contributed by atoms with Crippen molar-refractivity contribution in [2.45, 2.75) is 51.0 Å². The third-order valence-electron chi connectivity index (χ3n) is 7.08. The van der Waals surface area contributed by atoms with Crippen molar-refractivity contribution in [1.29, 1.82) is 0 Å². The Morgan fingerprint density at radius 1 is 1.00 bits per heavy atom. The Balaban J connectivity index is 1.41. The first-order valence-electron chi connectivity index (χ1n) is 12.3. The Hall–Kier alpha value is -2.42. The molecule has 0 saturated carbocycles. The van der Waals surface area contributed by atoms with Crippen molar-refractivity contribution in [1.82, 2.24) is 9.21 Å². The van der Waals surface area contributed by atoms with Gasteiger partial charge in [-0.15, -0.1) is 0 Å². The molecule has 1 N–H and O–H groups in total. The van der Waals surface area contributed by atoms with E-state index in [1.54, 1.807) is 16.4 Å². The van der Waals surface area contributed by atoms with Crippen LogP contribution in [0.4, 0.5) is 11.4 Å². The molecule has 1 amide bonds. The molecule has 2 heterocycles. The van der Waals surface area contributed by atoms with Crippen LogP contribution in [0.5, 0.6) is 0 Å². The van der Waals surface area contributed by atoms with E-state index in [4.69, 9.17) is 0 Å². The standard InChI is InChI=1S/C26H36N4O3S/c1-4-28-15-17-29(18-16-28)25-13-10-23(19-20(25)2)27-26(31)22-8-11-24(12-9-22)34(32,33)30-14-6-5-7-21(30)3/h8-13,19,21H,4-7,14-18H2,1-3H3,(H,27,31). The van der Waals surface area contributed by atoms with Gasteiger partial charge in [-0.2, -0.15) is 4.31 Å². The molecule has 0 bridgehead atoms. The fourth-order valence-corrected chi connectivity index (χ4v) is 6.64. The molecule has 0 radical (unpaired) electrons. The number of anilines is 2. The maximum Gasteiger partial charge on any atom is 0.255 e. The van der Waals surface area contributed by atoms with Crippen LogP contribution in [0.25, 0.3) is 0 Å². The quantitative estimate of drug-likeness (QED) is 0.672. The molecule has 4 rings (SSSR count). The summed E-state index contributed by atoms with van der Waals surface area (Å²) in [6, 6.07) is 12.3. The normalized spacial score (nSPS) is 20.3. The first-order valence-corrected chi connectivity index (χ1v) is 13.7. The summed E-state index contributed by atoms with van der Waals surface area (Å²) >= 11 is 0. The van der Waals surface area contributed by atoms with Gasteiger partial charge in [0.2, 0.25) is 10.0 Å². The predicted octanol–water partition coefficient (Wildman–Crippen LogP) is 3.95. The van der Waals surface area contributed by atoms with Crippen molar-refractivity contribution in [3.63, 3.8) is 0 Å². The van der Waals surface area contributed by atoms with Gasteiger partial charge in [0, 0.05) is 55.7 Å². The highest BCUT2D eigenvalue weighted by atomic mass is 32.2. The number of nitrogens with one attached hydrogen (secondary N) is 1. The molecule has 7 nitrogen and oxygen atoms in total. The number of benzene rings is 2. The highest BCUT2D eigenvalue weighted by Crippen LogP contribution is 2.27. The molecule has 2 saturated heterocycles. The summed E-state index contributed by atoms with van der Waals surface area (Å²) in [5.41, 5.74) is 3.50. The van der Waals surface area contributed by atoms with Gasteiger partial charge in [0.15, 0.2) is 0 Å². The molecule has 1 atom stereocenters. The number of likely N-dealkylation sites (N-methyl/N-ethyl adjacent to an activating group) is 1. The SMILES string of the molecule is CCN1CCN(c2ccc(NC(=O)c3ccc(S(=O)(=O)N4CCCCC4C)cc3)cc2C)CC1. The molecule has 2 aromatic carbocycles. The van der Waals surface area contributed by atoms with Gasteiger partial charge < -0.3 is 15.1 Å². The van der Waals surface area contributed by atoms with Crippen LogP contribution < -0.4 is 10.2 Å². The van der Waals surface area contributed by atoms with Gasteiger partial charge >= 0.3 is 0 Å². The van der Waals surface area contributed by atoms with Gasteiger partial charge in [0.05, 0.1) is 4.90 Å². The second kappa shape index (κ2) is 10.5. The van der Waals surface area contributed by atoms with E-state index in [2.05, 4.69) is 35.0 Å². The monoisotopic (exact) mass is 484 g/mol. The van der Waals surface area contributed by atoms with E-state index in [-0.39, 0.29) is 16.8 Å². The van der Waals surface area contributed by atoms with Crippen molar-refractivity contribution in [3.8, 4) is 0 Å². The summed E-state index contributed by atoms with van der Waals surface area (Å²) in [5.74, 6) is -0.251. The lowest BCUT2D eigenvalue weighted by molar-refractivity contribution is 0.102. The number of nitrogens with zero attached hydrogens (tertiary/aromatic N) is 3. The molecule has 2 aliphatic rings. The molecular weight excluding hydrogens is 448 g/mol. The van der Waals surface area contributed by atoms with Crippen molar-refractivity contribution < 1.29 is 13.2 Å². The van der Waals surface area contributed by atoms with Crippen molar-refractivity contribution in [2.75, 3.05) is 49.5 Å². The molecule has 184 valence electrons. The maximum absolute atomic E-state index is 13.0. The number of aryl methyl sites for hydroxylation is 1. The minimum Gasteiger partial charge on any atom is -0.369 e. The molecule has 2 aromatic rings. The molecule has 0 aromatic heterocycles. The number of sulfonamides is 1. The van der Waals surface area contributed by atoms with Crippen LogP contribution in [0.3, 0.4) is 0 Å². The van der Waals surface area contributed by atoms with Gasteiger partial charge in [-0.05, 0) is 81.3 Å². The summed E-state index contributed by atoms with van der Waals surface area (Å²) in [7, 11) is -3.55. The van der Waals surface area contributed by atoms with Gasteiger partial charge in [0.25, 0.3) is 5.91 Å². The number of hydrogen-bond donors (Lipinski definition) is 1. The summed E-state index contributed by atoms with van der Waals surface area (Å²) in [5, 5.41) is 2.95. The Labute approximate surface area is 203 Å². The van der Waals surface area contributed by atoms with Crippen molar-refractivity contribution in [3.05, 3.63) is 53.6 Å². The van der Waals surface area contributed by atoms with Gasteiger partial charge in [-0.25, -0.2) is 8.42 Å². The molecule has 2 aliphatic heterocycles. The zero-order valence-electron chi connectivity index (χ0n) is 20.5. The fourth-order valence-electron chi connectivity index (χ4n) is 4.94. The summed E-state index contributed by atoms with van der Waals surface area (Å²) in [6.45, 7) is 12.0. The van der Waals surface area contributed by atoms with Gasteiger partial charge in [0.1, 0.15) is 0 Å². The van der Waals surface area contributed by atoms with E-state index in [0.29, 0.717) is 12.1 Å². The van der Waals surface area contributed by atoms with E-state index in [9.17, 15) is 13.2 Å². The lowest BCUT2D eigenvalue weighted by Crippen LogP contribution is -2.46. The number of piperazine rings is 1. The fraction of sp³-hybridized carbons (Fsp3) is 0.500. The Morgan fingerprint density at radius 3 is 2.32 bits per heavy atom. The maximum atomic E-state index is 13.0. The molecule has 0 spiro atoms. The summed E-state index contributed by atoms with van der Waals surface area (Å²) in [4.78, 5) is 17.9. The summed E-state index contributed by atoms with van der Waals surface area (Å²) in [6.07, 6.45) is 2.83. The highest BCUT2D eigenvalue weighted by Gasteiger charge is 2.31. The average molecular weight is 485 g/mol. The molecule has 8 heteroatoms. The Bertz CT molecular complexity index is 1110. The van der Waals surface area contributed by atoms with Crippen molar-refractivity contribution in [2.24, 2.45) is 0 Å². The topological polar surface area (TPSA) is 73.0 Å². The van der Waals surface area contributed by atoms with Crippen LogP contribution >= 0.6 is 0 Å². The predicted molar refractivity (Wildman–Crippen MR) is 137 cm³/mol. The number of hydrogen-bond acceptors (Lipinski definition) is 5. The van der Waals surface area contributed by atoms with E-state index in [1.165, 1.54) is 17.8 Å². The van der Waals surface area contributed by atoms with Crippen molar-refractivity contribution >= 4 is 27.3 Å². The average Bonchev–Trinajstić information content (AvgIpc) is 2.84. The number of piperidine rings is 1. The van der Waals surface area contributed by atoms with Gasteiger partial charge in [-0.1, -0.05) is 13.3 Å². The van der Waals surface area contributed by atoms with Crippen LogP contribution in [0.2, 0.25) is 0 Å². The third-order valence-corrected chi connectivity index (χ3v) is 9.11. The first kappa shape index (κ1) is 24.7. The highest BCUT2D eigenvalue weighted by molar-refractivity contribution is 7.89. The van der Waals surface area contributed by atoms with Crippen LogP contribution in [-0.2, 0) is 10.0 Å². The minimum atomic E-state index is -3.55. The molecule has 2 fully saturated rings. The third kappa shape index (κ3) is 5.29.